The molecule has 0 unspecified atom stereocenters. The molecule has 0 N–H and O–H groups in total. The van der Waals surface area contributed by atoms with E-state index in [9.17, 15) is 4.79 Å². The van der Waals surface area contributed by atoms with Crippen LogP contribution in [0.1, 0.15) is 43.5 Å². The summed E-state index contributed by atoms with van der Waals surface area (Å²) in [7, 11) is 0. The molecule has 0 amide bonds. The smallest absolute Gasteiger partial charge is 0.255 e. The van der Waals surface area contributed by atoms with E-state index in [1.54, 1.807) is 0 Å². The average Bonchev–Trinajstić information content (AvgIpc) is 2.45. The van der Waals surface area contributed by atoms with Crippen molar-refractivity contribution in [2.24, 2.45) is 0 Å². The van der Waals surface area contributed by atoms with E-state index in [1.165, 1.54) is 11.3 Å². The standard InChI is InChI=1S/C15H23ClN2O/c1-3-5-7-18-14-6-8-17(4-2)11-13(14)9-12(10-16)15(18)19/h9H,3-8,10-11H2,1-2H3. The molecule has 3 nitrogen and oxygen atoms in total. The predicted octanol–water partition coefficient (Wildman–Crippen LogP) is 2.77. The van der Waals surface area contributed by atoms with Gasteiger partial charge in [0.25, 0.3) is 5.56 Å². The summed E-state index contributed by atoms with van der Waals surface area (Å²) < 4.78 is 1.98. The van der Waals surface area contributed by atoms with Gasteiger partial charge in [0.1, 0.15) is 0 Å². The van der Waals surface area contributed by atoms with Gasteiger partial charge in [0.2, 0.25) is 0 Å². The fraction of sp³-hybridized carbons (Fsp3) is 0.667. The lowest BCUT2D eigenvalue weighted by Gasteiger charge is -2.30. The summed E-state index contributed by atoms with van der Waals surface area (Å²) in [6.45, 7) is 8.22. The molecule has 0 saturated carbocycles. The lowest BCUT2D eigenvalue weighted by Crippen LogP contribution is -2.36. The summed E-state index contributed by atoms with van der Waals surface area (Å²) in [5.74, 6) is 0.310. The second-order valence-electron chi connectivity index (χ2n) is 5.20. The maximum atomic E-state index is 12.4. The Morgan fingerprint density at radius 2 is 2.16 bits per heavy atom. The van der Waals surface area contributed by atoms with Crippen molar-refractivity contribution < 1.29 is 0 Å². The SMILES string of the molecule is CCCCn1c2c(cc(CCl)c1=O)CN(CC)CC2. The third kappa shape index (κ3) is 3.03. The lowest BCUT2D eigenvalue weighted by atomic mass is 10.0. The van der Waals surface area contributed by atoms with Gasteiger partial charge < -0.3 is 4.57 Å². The fourth-order valence-corrected chi connectivity index (χ4v) is 2.95. The molecule has 4 heteroatoms. The fourth-order valence-electron chi connectivity index (χ4n) is 2.76. The zero-order valence-electron chi connectivity index (χ0n) is 11.9. The summed E-state index contributed by atoms with van der Waals surface area (Å²) >= 11 is 5.92. The highest BCUT2D eigenvalue weighted by Gasteiger charge is 2.20. The van der Waals surface area contributed by atoms with Crippen LogP contribution in [0.4, 0.5) is 0 Å². The first kappa shape index (κ1) is 14.6. The highest BCUT2D eigenvalue weighted by atomic mass is 35.5. The molecule has 0 aliphatic carbocycles. The topological polar surface area (TPSA) is 25.2 Å². The molecule has 0 saturated heterocycles. The molecular weight excluding hydrogens is 260 g/mol. The van der Waals surface area contributed by atoms with E-state index in [2.05, 4.69) is 18.7 Å². The third-order valence-corrected chi connectivity index (χ3v) is 4.24. The molecule has 1 aromatic rings. The first-order chi connectivity index (χ1) is 9.21. The number of pyridine rings is 1. The molecule has 1 aliphatic rings. The maximum absolute atomic E-state index is 12.4. The largest absolute Gasteiger partial charge is 0.312 e. The zero-order valence-corrected chi connectivity index (χ0v) is 12.7. The first-order valence-corrected chi connectivity index (χ1v) is 7.77. The van der Waals surface area contributed by atoms with Gasteiger partial charge in [-0.1, -0.05) is 20.3 Å². The number of nitrogens with zero attached hydrogens (tertiary/aromatic N) is 2. The van der Waals surface area contributed by atoms with Crippen LogP contribution in [-0.4, -0.2) is 22.6 Å². The van der Waals surface area contributed by atoms with Gasteiger partial charge in [0.15, 0.2) is 0 Å². The number of alkyl halides is 1. The van der Waals surface area contributed by atoms with Gasteiger partial charge in [-0.2, -0.15) is 0 Å². The van der Waals surface area contributed by atoms with E-state index in [-0.39, 0.29) is 5.56 Å². The summed E-state index contributed by atoms with van der Waals surface area (Å²) in [6.07, 6.45) is 3.13. The van der Waals surface area contributed by atoms with E-state index in [0.29, 0.717) is 5.88 Å². The van der Waals surface area contributed by atoms with E-state index in [0.717, 1.165) is 51.0 Å². The highest BCUT2D eigenvalue weighted by molar-refractivity contribution is 6.17. The van der Waals surface area contributed by atoms with Gasteiger partial charge in [0, 0.05) is 37.3 Å². The second-order valence-corrected chi connectivity index (χ2v) is 5.47. The first-order valence-electron chi connectivity index (χ1n) is 7.24. The van der Waals surface area contributed by atoms with Crippen LogP contribution in [0.25, 0.3) is 0 Å². The Labute approximate surface area is 120 Å². The van der Waals surface area contributed by atoms with E-state index >= 15 is 0 Å². The van der Waals surface area contributed by atoms with Gasteiger partial charge in [-0.3, -0.25) is 9.69 Å². The monoisotopic (exact) mass is 282 g/mol. The molecule has 1 aliphatic heterocycles. The molecule has 2 heterocycles. The third-order valence-electron chi connectivity index (χ3n) is 3.95. The van der Waals surface area contributed by atoms with E-state index in [4.69, 9.17) is 11.6 Å². The van der Waals surface area contributed by atoms with Crippen LogP contribution < -0.4 is 5.56 Å². The van der Waals surface area contributed by atoms with Gasteiger partial charge in [-0.25, -0.2) is 0 Å². The molecule has 0 fully saturated rings. The Morgan fingerprint density at radius 1 is 1.37 bits per heavy atom. The van der Waals surface area contributed by atoms with Crippen molar-refractivity contribution in [1.82, 2.24) is 9.47 Å². The molecule has 0 bridgehead atoms. The number of unbranched alkanes of at least 4 members (excludes halogenated alkanes) is 1. The average molecular weight is 283 g/mol. The molecule has 1 aromatic heterocycles. The highest BCUT2D eigenvalue weighted by Crippen LogP contribution is 2.19. The van der Waals surface area contributed by atoms with Crippen molar-refractivity contribution in [1.29, 1.82) is 0 Å². The van der Waals surface area contributed by atoms with Crippen LogP contribution in [0.15, 0.2) is 10.9 Å². The zero-order chi connectivity index (χ0) is 13.8. The molecule has 0 radical (unpaired) electrons. The maximum Gasteiger partial charge on any atom is 0.255 e. The van der Waals surface area contributed by atoms with Crippen molar-refractivity contribution in [3.05, 3.63) is 33.2 Å². The Morgan fingerprint density at radius 3 is 2.79 bits per heavy atom. The molecule has 0 aromatic carbocycles. The van der Waals surface area contributed by atoms with E-state index < -0.39 is 0 Å². The Balaban J connectivity index is 2.43. The van der Waals surface area contributed by atoms with E-state index in [1.807, 2.05) is 10.6 Å². The summed E-state index contributed by atoms with van der Waals surface area (Å²) in [6, 6.07) is 2.02. The van der Waals surface area contributed by atoms with Crippen LogP contribution in [-0.2, 0) is 25.4 Å². The Hall–Kier alpha value is -0.800. The van der Waals surface area contributed by atoms with Crippen molar-refractivity contribution >= 4 is 11.6 Å². The van der Waals surface area contributed by atoms with Gasteiger partial charge in [0.05, 0.1) is 5.88 Å². The van der Waals surface area contributed by atoms with Gasteiger partial charge in [-0.15, -0.1) is 11.6 Å². The van der Waals surface area contributed by atoms with Gasteiger partial charge in [-0.05, 0) is 24.6 Å². The minimum absolute atomic E-state index is 0.118. The minimum Gasteiger partial charge on any atom is -0.312 e. The number of halogens is 1. The summed E-state index contributed by atoms with van der Waals surface area (Å²) in [5.41, 5.74) is 3.39. The number of hydrogen-bond acceptors (Lipinski definition) is 2. The van der Waals surface area contributed by atoms with Crippen LogP contribution in [0.2, 0.25) is 0 Å². The molecule has 0 atom stereocenters. The quantitative estimate of drug-likeness (QED) is 0.776. The second kappa shape index (κ2) is 6.58. The van der Waals surface area contributed by atoms with Crippen molar-refractivity contribution in [2.75, 3.05) is 13.1 Å². The lowest BCUT2D eigenvalue weighted by molar-refractivity contribution is 0.261. The van der Waals surface area contributed by atoms with Crippen molar-refractivity contribution in [2.45, 2.75) is 52.1 Å². The molecule has 106 valence electrons. The number of fused-ring (bicyclic) bond motifs is 1. The normalized spacial score (nSPS) is 15.5. The van der Waals surface area contributed by atoms with Crippen LogP contribution >= 0.6 is 11.6 Å². The van der Waals surface area contributed by atoms with Crippen molar-refractivity contribution in [3.8, 4) is 0 Å². The molecule has 19 heavy (non-hydrogen) atoms. The Bertz CT molecular complexity index is 496. The minimum atomic E-state index is 0.118. The van der Waals surface area contributed by atoms with Crippen LogP contribution in [0, 0.1) is 0 Å². The number of rotatable bonds is 5. The summed E-state index contributed by atoms with van der Waals surface area (Å²) in [5, 5.41) is 0. The molecule has 0 spiro atoms. The van der Waals surface area contributed by atoms with Crippen molar-refractivity contribution in [3.63, 3.8) is 0 Å². The predicted molar refractivity (Wildman–Crippen MR) is 79.8 cm³/mol. The number of likely N-dealkylation sites (N-methyl/N-ethyl adjacent to an activating group) is 1. The van der Waals surface area contributed by atoms with Crippen LogP contribution in [0.3, 0.4) is 0 Å². The van der Waals surface area contributed by atoms with Gasteiger partial charge >= 0.3 is 0 Å². The number of aromatic nitrogens is 1. The Kier molecular flexibility index (Phi) is 5.06. The molecule has 2 rings (SSSR count). The van der Waals surface area contributed by atoms with Crippen LogP contribution in [0.5, 0.6) is 0 Å². The molecular formula is C15H23ClN2O. The summed E-state index contributed by atoms with van der Waals surface area (Å²) in [4.78, 5) is 14.8. The number of hydrogen-bond donors (Lipinski definition) is 0.